The summed E-state index contributed by atoms with van der Waals surface area (Å²) in [5, 5.41) is 14.2. The van der Waals surface area contributed by atoms with Gasteiger partial charge in [-0.3, -0.25) is 0 Å². The van der Waals surface area contributed by atoms with Crippen LogP contribution in [0.1, 0.15) is 32.1 Å². The maximum absolute atomic E-state index is 5.54. The summed E-state index contributed by atoms with van der Waals surface area (Å²) in [7, 11) is 0. The van der Waals surface area contributed by atoms with E-state index < -0.39 is 0 Å². The van der Waals surface area contributed by atoms with Gasteiger partial charge in [-0.2, -0.15) is 0 Å². The van der Waals surface area contributed by atoms with Crippen molar-refractivity contribution in [2.24, 2.45) is 0 Å². The smallest absolute Gasteiger partial charge is 0.166 e. The van der Waals surface area contributed by atoms with E-state index >= 15 is 0 Å². The Morgan fingerprint density at radius 3 is 1.65 bits per heavy atom. The van der Waals surface area contributed by atoms with Gasteiger partial charge in [0, 0.05) is 39.4 Å². The molecule has 132 valence electrons. The Kier molecular flexibility index (Phi) is 8.88. The van der Waals surface area contributed by atoms with Crippen LogP contribution in [-0.4, -0.2) is 61.8 Å². The van der Waals surface area contributed by atoms with Crippen LogP contribution in [0.15, 0.2) is 0 Å². The Bertz CT molecular complexity index is 338. The number of hydrogen-bond acceptors (Lipinski definition) is 4. The van der Waals surface area contributed by atoms with Crippen LogP contribution in [0.25, 0.3) is 0 Å². The van der Waals surface area contributed by atoms with Gasteiger partial charge in [-0.1, -0.05) is 0 Å². The summed E-state index contributed by atoms with van der Waals surface area (Å²) in [6.07, 6.45) is 6.11. The molecule has 8 heteroatoms. The molecule has 0 amide bonds. The van der Waals surface area contributed by atoms with E-state index in [1.165, 1.54) is 0 Å². The molecule has 0 unspecified atom stereocenters. The van der Waals surface area contributed by atoms with E-state index in [0.29, 0.717) is 22.4 Å². The van der Waals surface area contributed by atoms with Crippen molar-refractivity contribution in [3.8, 4) is 0 Å². The number of thiocarbonyl (C=S) groups is 2. The van der Waals surface area contributed by atoms with Crippen molar-refractivity contribution in [1.29, 1.82) is 0 Å². The van der Waals surface area contributed by atoms with Crippen molar-refractivity contribution in [2.75, 3.05) is 39.4 Å². The zero-order chi connectivity index (χ0) is 16.3. The molecule has 0 spiro atoms. The van der Waals surface area contributed by atoms with Crippen LogP contribution >= 0.6 is 24.4 Å². The highest BCUT2D eigenvalue weighted by molar-refractivity contribution is 7.80. The lowest BCUT2D eigenvalue weighted by atomic mass is 10.2. The molecule has 2 saturated heterocycles. The van der Waals surface area contributed by atoms with Crippen molar-refractivity contribution < 1.29 is 9.47 Å². The number of rotatable bonds is 8. The third-order valence-corrected chi connectivity index (χ3v) is 4.53. The summed E-state index contributed by atoms with van der Waals surface area (Å²) in [6, 6.07) is 0. The quantitative estimate of drug-likeness (QED) is 0.372. The van der Waals surface area contributed by atoms with Crippen LogP contribution in [0.2, 0.25) is 0 Å². The second-order valence-electron chi connectivity index (χ2n) is 5.90. The summed E-state index contributed by atoms with van der Waals surface area (Å²) in [6.45, 7) is 4.97. The van der Waals surface area contributed by atoms with Gasteiger partial charge in [0.2, 0.25) is 0 Å². The van der Waals surface area contributed by atoms with E-state index in [2.05, 4.69) is 21.3 Å². The predicted molar refractivity (Wildman–Crippen MR) is 99.8 cm³/mol. The van der Waals surface area contributed by atoms with Crippen LogP contribution in [0.4, 0.5) is 0 Å². The standard InChI is InChI=1S/C15H28N4O2S2/c22-14(18-10-12-4-1-8-20-12)16-6-3-7-17-15(23)19-11-13-5-2-9-21-13/h12-13H,1-11H2,(H2,16,18,22)(H2,17,19,23)/t12-,13+. The maximum atomic E-state index is 5.54. The lowest BCUT2D eigenvalue weighted by Crippen LogP contribution is -2.42. The van der Waals surface area contributed by atoms with Gasteiger partial charge in [-0.05, 0) is 56.5 Å². The summed E-state index contributed by atoms with van der Waals surface area (Å²) >= 11 is 10.5. The molecule has 0 bridgehead atoms. The van der Waals surface area contributed by atoms with Crippen LogP contribution in [0.5, 0.6) is 0 Å². The van der Waals surface area contributed by atoms with E-state index in [4.69, 9.17) is 33.9 Å². The van der Waals surface area contributed by atoms with Gasteiger partial charge in [-0.25, -0.2) is 0 Å². The fourth-order valence-corrected chi connectivity index (χ4v) is 3.01. The van der Waals surface area contributed by atoms with Gasteiger partial charge in [0.05, 0.1) is 12.2 Å². The third kappa shape index (κ3) is 8.10. The van der Waals surface area contributed by atoms with Crippen molar-refractivity contribution >= 4 is 34.7 Å². The molecule has 2 atom stereocenters. The Hall–Kier alpha value is -0.700. The van der Waals surface area contributed by atoms with Crippen LogP contribution in [0, 0.1) is 0 Å². The Morgan fingerprint density at radius 1 is 0.783 bits per heavy atom. The van der Waals surface area contributed by atoms with E-state index in [-0.39, 0.29) is 0 Å². The van der Waals surface area contributed by atoms with Crippen molar-refractivity contribution in [2.45, 2.75) is 44.3 Å². The van der Waals surface area contributed by atoms with Gasteiger partial charge >= 0.3 is 0 Å². The molecule has 2 fully saturated rings. The molecule has 2 aliphatic rings. The first kappa shape index (κ1) is 18.6. The molecule has 2 heterocycles. The second-order valence-corrected chi connectivity index (χ2v) is 6.71. The number of nitrogens with one attached hydrogen (secondary N) is 4. The van der Waals surface area contributed by atoms with Gasteiger partial charge < -0.3 is 30.7 Å². The molecular weight excluding hydrogens is 332 g/mol. The summed E-state index contributed by atoms with van der Waals surface area (Å²) in [5.74, 6) is 0. The number of hydrogen-bond donors (Lipinski definition) is 4. The lowest BCUT2D eigenvalue weighted by molar-refractivity contribution is 0.114. The van der Waals surface area contributed by atoms with Crippen molar-refractivity contribution in [3.05, 3.63) is 0 Å². The average Bonchev–Trinajstić information content (AvgIpc) is 3.24. The minimum absolute atomic E-state index is 0.309. The molecule has 0 radical (unpaired) electrons. The zero-order valence-electron chi connectivity index (χ0n) is 13.6. The minimum atomic E-state index is 0.309. The van der Waals surface area contributed by atoms with Gasteiger partial charge in [0.15, 0.2) is 10.2 Å². The normalized spacial score (nSPS) is 23.5. The van der Waals surface area contributed by atoms with Crippen molar-refractivity contribution in [1.82, 2.24) is 21.3 Å². The van der Waals surface area contributed by atoms with E-state index in [9.17, 15) is 0 Å². The van der Waals surface area contributed by atoms with E-state index in [1.54, 1.807) is 0 Å². The highest BCUT2D eigenvalue weighted by atomic mass is 32.1. The van der Waals surface area contributed by atoms with Gasteiger partial charge in [-0.15, -0.1) is 0 Å². The van der Waals surface area contributed by atoms with E-state index in [0.717, 1.165) is 71.5 Å². The predicted octanol–water partition coefficient (Wildman–Crippen LogP) is 0.663. The molecule has 4 N–H and O–H groups in total. The molecule has 2 aliphatic heterocycles. The first-order chi connectivity index (χ1) is 11.2. The fourth-order valence-electron chi connectivity index (χ4n) is 2.64. The SMILES string of the molecule is S=C(NCCCNC(=S)NC[C@@H]1CCCO1)NC[C@H]1CCCO1. The Labute approximate surface area is 149 Å². The molecule has 6 nitrogen and oxygen atoms in total. The summed E-state index contributed by atoms with van der Waals surface area (Å²) < 4.78 is 11.1. The molecule has 0 aliphatic carbocycles. The largest absolute Gasteiger partial charge is 0.376 e. The van der Waals surface area contributed by atoms with Crippen LogP contribution < -0.4 is 21.3 Å². The highest BCUT2D eigenvalue weighted by Crippen LogP contribution is 2.10. The van der Waals surface area contributed by atoms with Crippen LogP contribution in [-0.2, 0) is 9.47 Å². The Balaban J connectivity index is 1.39. The monoisotopic (exact) mass is 360 g/mol. The molecule has 23 heavy (non-hydrogen) atoms. The summed E-state index contributed by atoms with van der Waals surface area (Å²) in [5.41, 5.74) is 0. The molecule has 0 saturated carbocycles. The van der Waals surface area contributed by atoms with Gasteiger partial charge in [0.25, 0.3) is 0 Å². The zero-order valence-corrected chi connectivity index (χ0v) is 15.2. The lowest BCUT2D eigenvalue weighted by Gasteiger charge is -2.15. The second kappa shape index (κ2) is 11.0. The van der Waals surface area contributed by atoms with Crippen LogP contribution in [0.3, 0.4) is 0 Å². The maximum Gasteiger partial charge on any atom is 0.166 e. The molecule has 2 rings (SSSR count). The fraction of sp³-hybridized carbons (Fsp3) is 0.867. The molecular formula is C15H28N4O2S2. The molecule has 0 aromatic carbocycles. The highest BCUT2D eigenvalue weighted by Gasteiger charge is 2.15. The van der Waals surface area contributed by atoms with Crippen molar-refractivity contribution in [3.63, 3.8) is 0 Å². The third-order valence-electron chi connectivity index (χ3n) is 3.95. The van der Waals surface area contributed by atoms with E-state index in [1.807, 2.05) is 0 Å². The van der Waals surface area contributed by atoms with Gasteiger partial charge in [0.1, 0.15) is 0 Å². The topological polar surface area (TPSA) is 66.6 Å². The molecule has 0 aromatic heterocycles. The first-order valence-electron chi connectivity index (χ1n) is 8.50. The average molecular weight is 361 g/mol. The minimum Gasteiger partial charge on any atom is -0.376 e. The molecule has 0 aromatic rings. The Morgan fingerprint density at radius 2 is 1.26 bits per heavy atom. The number of ether oxygens (including phenoxy) is 2. The first-order valence-corrected chi connectivity index (χ1v) is 9.32. The summed E-state index contributed by atoms with van der Waals surface area (Å²) in [4.78, 5) is 0.